The lowest BCUT2D eigenvalue weighted by molar-refractivity contribution is -0.138. The van der Waals surface area contributed by atoms with Crippen LogP contribution >= 0.6 is 0 Å². The molecule has 7 heteroatoms. The Balaban J connectivity index is 1.64. The van der Waals surface area contributed by atoms with Crippen molar-refractivity contribution in [1.29, 1.82) is 0 Å². The quantitative estimate of drug-likeness (QED) is 0.501. The van der Waals surface area contributed by atoms with Gasteiger partial charge in [-0.05, 0) is 41.7 Å². The Bertz CT molecular complexity index is 1040. The summed E-state index contributed by atoms with van der Waals surface area (Å²) in [5, 5.41) is 4.02. The van der Waals surface area contributed by atoms with E-state index in [0.717, 1.165) is 5.56 Å². The van der Waals surface area contributed by atoms with E-state index in [0.29, 0.717) is 29.6 Å². The first-order chi connectivity index (χ1) is 15.2. The highest BCUT2D eigenvalue weighted by atomic mass is 16.5. The number of nitrogens with zero attached hydrogens (tertiary/aromatic N) is 3. The molecule has 0 spiro atoms. The second-order valence-electron chi connectivity index (χ2n) is 8.73. The molecule has 0 aliphatic rings. The second kappa shape index (κ2) is 9.85. The number of amides is 1. The van der Waals surface area contributed by atoms with Crippen LogP contribution in [0.2, 0.25) is 0 Å². The monoisotopic (exact) mass is 437 g/mol. The van der Waals surface area contributed by atoms with Gasteiger partial charge in [-0.25, -0.2) is 0 Å². The number of aromatic nitrogens is 2. The zero-order valence-corrected chi connectivity index (χ0v) is 19.6. The van der Waals surface area contributed by atoms with Crippen molar-refractivity contribution < 1.29 is 18.8 Å². The maximum Gasteiger partial charge on any atom is 0.263 e. The normalized spacial score (nSPS) is 12.3. The number of ether oxygens (including phenoxy) is 2. The van der Waals surface area contributed by atoms with Gasteiger partial charge in [0.05, 0.1) is 13.7 Å². The Morgan fingerprint density at radius 2 is 1.84 bits per heavy atom. The SMILES string of the molecule is CC[C@@H](Oc1ccc(C(C)(C)C)cc1)C(=O)N(C)Cc1nc(-c2cccc(OC)c2)no1. The zero-order valence-electron chi connectivity index (χ0n) is 19.6. The summed E-state index contributed by atoms with van der Waals surface area (Å²) in [5.41, 5.74) is 2.05. The van der Waals surface area contributed by atoms with Gasteiger partial charge in [-0.3, -0.25) is 4.79 Å². The van der Waals surface area contributed by atoms with Crippen molar-refractivity contribution in [2.45, 2.75) is 52.2 Å². The molecule has 0 fully saturated rings. The lowest BCUT2D eigenvalue weighted by Gasteiger charge is -2.23. The molecule has 3 rings (SSSR count). The van der Waals surface area contributed by atoms with Gasteiger partial charge in [-0.1, -0.05) is 57.1 Å². The van der Waals surface area contributed by atoms with Gasteiger partial charge in [0.1, 0.15) is 11.5 Å². The number of hydrogen-bond acceptors (Lipinski definition) is 6. The minimum absolute atomic E-state index is 0.0620. The fraction of sp³-hybridized carbons (Fsp3) is 0.400. The molecule has 0 unspecified atom stereocenters. The van der Waals surface area contributed by atoms with Crippen molar-refractivity contribution in [2.75, 3.05) is 14.2 Å². The van der Waals surface area contributed by atoms with E-state index in [-0.39, 0.29) is 17.9 Å². The molecule has 0 aliphatic carbocycles. The smallest absolute Gasteiger partial charge is 0.263 e. The van der Waals surface area contributed by atoms with Gasteiger partial charge in [0.15, 0.2) is 6.10 Å². The van der Waals surface area contributed by atoms with Crippen LogP contribution < -0.4 is 9.47 Å². The molecule has 1 atom stereocenters. The van der Waals surface area contributed by atoms with Crippen molar-refractivity contribution in [3.63, 3.8) is 0 Å². The number of benzene rings is 2. The lowest BCUT2D eigenvalue weighted by atomic mass is 9.87. The third-order valence-corrected chi connectivity index (χ3v) is 5.19. The Labute approximate surface area is 189 Å². The van der Waals surface area contributed by atoms with Crippen LogP contribution in [-0.4, -0.2) is 41.2 Å². The van der Waals surface area contributed by atoms with Crippen LogP contribution in [-0.2, 0) is 16.8 Å². The number of rotatable bonds is 8. The summed E-state index contributed by atoms with van der Waals surface area (Å²) in [4.78, 5) is 18.9. The standard InChI is InChI=1S/C25H31N3O4/c1-7-21(31-19-13-11-18(12-14-19)25(2,3)4)24(29)28(5)16-22-26-23(27-32-22)17-9-8-10-20(15-17)30-6/h8-15,21H,7,16H2,1-6H3/t21-/m1/s1. The van der Waals surface area contributed by atoms with Gasteiger partial charge in [0, 0.05) is 12.6 Å². The average Bonchev–Trinajstić information content (AvgIpc) is 3.25. The average molecular weight is 438 g/mol. The number of likely N-dealkylation sites (N-methyl/N-ethyl adjacent to an activating group) is 1. The van der Waals surface area contributed by atoms with Gasteiger partial charge in [0.25, 0.3) is 5.91 Å². The van der Waals surface area contributed by atoms with Crippen molar-refractivity contribution in [2.24, 2.45) is 0 Å². The molecule has 2 aromatic carbocycles. The van der Waals surface area contributed by atoms with Crippen LogP contribution in [0.4, 0.5) is 0 Å². The summed E-state index contributed by atoms with van der Waals surface area (Å²) in [6, 6.07) is 15.3. The molecule has 0 aliphatic heterocycles. The third kappa shape index (κ3) is 5.66. The first-order valence-electron chi connectivity index (χ1n) is 10.7. The molecule has 1 amide bonds. The highest BCUT2D eigenvalue weighted by molar-refractivity contribution is 5.81. The highest BCUT2D eigenvalue weighted by Gasteiger charge is 2.24. The molecule has 0 N–H and O–H groups in total. The predicted octanol–water partition coefficient (Wildman–Crippen LogP) is 4.86. The van der Waals surface area contributed by atoms with E-state index in [1.807, 2.05) is 55.5 Å². The van der Waals surface area contributed by atoms with Crippen LogP contribution in [0.3, 0.4) is 0 Å². The molecule has 1 heterocycles. The summed E-state index contributed by atoms with van der Waals surface area (Å²) in [7, 11) is 3.30. The molecular formula is C25H31N3O4. The van der Waals surface area contributed by atoms with Gasteiger partial charge in [-0.2, -0.15) is 4.98 Å². The molecule has 170 valence electrons. The van der Waals surface area contributed by atoms with Crippen LogP contribution in [0.1, 0.15) is 45.6 Å². The zero-order chi connectivity index (χ0) is 23.3. The van der Waals surface area contributed by atoms with Gasteiger partial charge >= 0.3 is 0 Å². The number of methoxy groups -OCH3 is 1. The van der Waals surface area contributed by atoms with Crippen LogP contribution in [0, 0.1) is 0 Å². The molecule has 1 aromatic heterocycles. The number of hydrogen-bond donors (Lipinski definition) is 0. The minimum Gasteiger partial charge on any atom is -0.497 e. The topological polar surface area (TPSA) is 77.7 Å². The summed E-state index contributed by atoms with van der Waals surface area (Å²) >= 11 is 0. The molecule has 3 aromatic rings. The van der Waals surface area contributed by atoms with Crippen molar-refractivity contribution >= 4 is 5.91 Å². The number of carbonyl (C=O) groups is 1. The molecule has 0 bridgehead atoms. The Kier molecular flexibility index (Phi) is 7.18. The molecule has 0 saturated carbocycles. The van der Waals surface area contributed by atoms with E-state index in [1.54, 1.807) is 19.1 Å². The lowest BCUT2D eigenvalue weighted by Crippen LogP contribution is -2.39. The van der Waals surface area contributed by atoms with E-state index in [1.165, 1.54) is 5.56 Å². The molecule has 32 heavy (non-hydrogen) atoms. The van der Waals surface area contributed by atoms with E-state index in [9.17, 15) is 4.79 Å². The maximum atomic E-state index is 13.0. The molecular weight excluding hydrogens is 406 g/mol. The Hall–Kier alpha value is -3.35. The summed E-state index contributed by atoms with van der Waals surface area (Å²) in [6.07, 6.45) is -0.0513. The van der Waals surface area contributed by atoms with E-state index in [4.69, 9.17) is 14.0 Å². The first-order valence-corrected chi connectivity index (χ1v) is 10.7. The second-order valence-corrected chi connectivity index (χ2v) is 8.73. The summed E-state index contributed by atoms with van der Waals surface area (Å²) in [6.45, 7) is 8.60. The highest BCUT2D eigenvalue weighted by Crippen LogP contribution is 2.25. The fourth-order valence-corrected chi connectivity index (χ4v) is 3.23. The molecule has 0 radical (unpaired) electrons. The molecule has 0 saturated heterocycles. The fourth-order valence-electron chi connectivity index (χ4n) is 3.23. The predicted molar refractivity (Wildman–Crippen MR) is 123 cm³/mol. The summed E-state index contributed by atoms with van der Waals surface area (Å²) in [5.74, 6) is 2.03. The maximum absolute atomic E-state index is 13.0. The van der Waals surface area contributed by atoms with Gasteiger partial charge < -0.3 is 18.9 Å². The minimum atomic E-state index is -0.596. The van der Waals surface area contributed by atoms with Crippen LogP contribution in [0.25, 0.3) is 11.4 Å². The van der Waals surface area contributed by atoms with Crippen LogP contribution in [0.5, 0.6) is 11.5 Å². The van der Waals surface area contributed by atoms with E-state index in [2.05, 4.69) is 30.9 Å². The number of carbonyl (C=O) groups excluding carboxylic acids is 1. The summed E-state index contributed by atoms with van der Waals surface area (Å²) < 4.78 is 16.6. The van der Waals surface area contributed by atoms with Crippen molar-refractivity contribution in [3.8, 4) is 22.9 Å². The largest absolute Gasteiger partial charge is 0.497 e. The van der Waals surface area contributed by atoms with Crippen molar-refractivity contribution in [3.05, 3.63) is 60.0 Å². The van der Waals surface area contributed by atoms with Gasteiger partial charge in [-0.15, -0.1) is 0 Å². The first kappa shape index (κ1) is 23.3. The molecule has 7 nitrogen and oxygen atoms in total. The Morgan fingerprint density at radius 1 is 1.12 bits per heavy atom. The van der Waals surface area contributed by atoms with E-state index >= 15 is 0 Å². The van der Waals surface area contributed by atoms with Gasteiger partial charge in [0.2, 0.25) is 11.7 Å². The third-order valence-electron chi connectivity index (χ3n) is 5.19. The Morgan fingerprint density at radius 3 is 2.47 bits per heavy atom. The van der Waals surface area contributed by atoms with Crippen molar-refractivity contribution in [1.82, 2.24) is 15.0 Å². The van der Waals surface area contributed by atoms with Crippen LogP contribution in [0.15, 0.2) is 53.1 Å². The van der Waals surface area contributed by atoms with E-state index < -0.39 is 6.10 Å².